The van der Waals surface area contributed by atoms with Crippen LogP contribution in [0.2, 0.25) is 0 Å². The van der Waals surface area contributed by atoms with Crippen molar-refractivity contribution in [2.24, 2.45) is 28.6 Å². The maximum absolute atomic E-state index is 13.0. The molecule has 6 aliphatic rings. The Balaban J connectivity index is 1.29. The van der Waals surface area contributed by atoms with E-state index in [-0.39, 0.29) is 35.4 Å². The summed E-state index contributed by atoms with van der Waals surface area (Å²) < 4.78 is 23.8. The van der Waals surface area contributed by atoms with E-state index in [4.69, 9.17) is 18.9 Å². The summed E-state index contributed by atoms with van der Waals surface area (Å²) in [5, 5.41) is 11.6. The van der Waals surface area contributed by atoms with Gasteiger partial charge in [0.2, 0.25) is 5.78 Å². The van der Waals surface area contributed by atoms with Gasteiger partial charge in [0.05, 0.1) is 19.3 Å². The van der Waals surface area contributed by atoms with Gasteiger partial charge in [-0.2, -0.15) is 0 Å². The van der Waals surface area contributed by atoms with E-state index in [0.29, 0.717) is 31.5 Å². The summed E-state index contributed by atoms with van der Waals surface area (Å²) >= 11 is 0. The third-order valence-electron chi connectivity index (χ3n) is 10.9. The zero-order valence-electron chi connectivity index (χ0n) is 19.5. The third kappa shape index (κ3) is 2.51. The minimum atomic E-state index is -1.43. The fraction of sp³-hybridized carbons (Fsp3) is 0.920. The smallest absolute Gasteiger partial charge is 0.303 e. The number of Topliss-reactive ketones (excluding diaryl/α,β-unsaturated/α-hetero) is 1. The molecule has 32 heavy (non-hydrogen) atoms. The van der Waals surface area contributed by atoms with Crippen LogP contribution in [-0.4, -0.2) is 59.8 Å². The highest BCUT2D eigenvalue weighted by Crippen LogP contribution is 2.75. The second kappa shape index (κ2) is 6.55. The standard InChI is InChI=1S/C25H36O7/c1-15(26)29-13-19(27)24(28)7-5-17-16-12-20-25(32-20)9-8-23(30-10-11-31-23)14-22(25,3)18(16)4-6-21(17,24)2/h16-18,20,28H,4-14H2,1-3H3/t16-,17-,18+,20+,21+,22-,24+,25+/m1/s1. The van der Waals surface area contributed by atoms with Crippen molar-refractivity contribution in [3.63, 3.8) is 0 Å². The van der Waals surface area contributed by atoms with Gasteiger partial charge in [-0.05, 0) is 56.3 Å². The molecule has 0 amide bonds. The SMILES string of the molecule is CC(=O)OCC(=O)[C@@]1(O)CC[C@@H]2[C@H]3C[C@@H]4O[C@@]45CCC4(C[C@]5(C)[C@H]3CC[C@@]21C)OCCO4. The van der Waals surface area contributed by atoms with Crippen LogP contribution in [0.15, 0.2) is 0 Å². The van der Waals surface area contributed by atoms with E-state index in [2.05, 4.69) is 13.8 Å². The van der Waals surface area contributed by atoms with Crippen LogP contribution in [-0.2, 0) is 28.5 Å². The van der Waals surface area contributed by atoms with Gasteiger partial charge >= 0.3 is 5.97 Å². The van der Waals surface area contributed by atoms with Crippen LogP contribution < -0.4 is 0 Å². The van der Waals surface area contributed by atoms with Gasteiger partial charge in [-0.3, -0.25) is 9.59 Å². The molecule has 6 rings (SSSR count). The molecule has 0 radical (unpaired) electrons. The van der Waals surface area contributed by atoms with Crippen molar-refractivity contribution in [1.29, 1.82) is 0 Å². The number of ketones is 1. The second-order valence-electron chi connectivity index (χ2n) is 11.9. The first-order valence-electron chi connectivity index (χ1n) is 12.4. The summed E-state index contributed by atoms with van der Waals surface area (Å²) in [7, 11) is 0. The van der Waals surface area contributed by atoms with Crippen molar-refractivity contribution in [1.82, 2.24) is 0 Å². The molecule has 0 unspecified atom stereocenters. The molecule has 2 spiro atoms. The number of aliphatic hydroxyl groups is 1. The highest BCUT2D eigenvalue weighted by atomic mass is 16.7. The van der Waals surface area contributed by atoms with E-state index in [9.17, 15) is 14.7 Å². The number of carbonyl (C=O) groups excluding carboxylic acids is 2. The molecule has 7 heteroatoms. The minimum Gasteiger partial charge on any atom is -0.458 e. The van der Waals surface area contributed by atoms with Crippen LogP contribution in [0.25, 0.3) is 0 Å². The molecule has 0 aromatic carbocycles. The fourth-order valence-corrected chi connectivity index (χ4v) is 9.24. The van der Waals surface area contributed by atoms with Crippen LogP contribution in [0.5, 0.6) is 0 Å². The molecule has 7 nitrogen and oxygen atoms in total. The van der Waals surface area contributed by atoms with Gasteiger partial charge in [0.15, 0.2) is 12.4 Å². The van der Waals surface area contributed by atoms with E-state index in [0.717, 1.165) is 44.9 Å². The third-order valence-corrected chi connectivity index (χ3v) is 10.9. The molecule has 0 aromatic heterocycles. The Kier molecular flexibility index (Phi) is 4.41. The lowest BCUT2D eigenvalue weighted by Crippen LogP contribution is -2.63. The Morgan fingerprint density at radius 3 is 2.41 bits per heavy atom. The topological polar surface area (TPSA) is 94.6 Å². The van der Waals surface area contributed by atoms with Gasteiger partial charge in [0.1, 0.15) is 11.2 Å². The number of hydrogen-bond donors (Lipinski definition) is 1. The van der Waals surface area contributed by atoms with Crippen LogP contribution in [0.1, 0.15) is 72.1 Å². The molecule has 2 aliphatic heterocycles. The number of ether oxygens (including phenoxy) is 4. The van der Waals surface area contributed by atoms with Gasteiger partial charge in [-0.1, -0.05) is 13.8 Å². The predicted octanol–water partition coefficient (Wildman–Crippen LogP) is 2.77. The van der Waals surface area contributed by atoms with E-state index >= 15 is 0 Å². The largest absolute Gasteiger partial charge is 0.458 e. The molecule has 8 atom stereocenters. The van der Waals surface area contributed by atoms with Gasteiger partial charge in [-0.15, -0.1) is 0 Å². The van der Waals surface area contributed by atoms with Crippen molar-refractivity contribution in [2.45, 2.75) is 95.2 Å². The molecule has 0 bridgehead atoms. The van der Waals surface area contributed by atoms with Crippen molar-refractivity contribution < 1.29 is 33.6 Å². The summed E-state index contributed by atoms with van der Waals surface area (Å²) in [5.41, 5.74) is -2.00. The first-order valence-corrected chi connectivity index (χ1v) is 12.4. The Hall–Kier alpha value is -1.02. The van der Waals surface area contributed by atoms with Crippen LogP contribution in [0, 0.1) is 28.6 Å². The van der Waals surface area contributed by atoms with Crippen LogP contribution in [0.3, 0.4) is 0 Å². The zero-order chi connectivity index (χ0) is 22.6. The van der Waals surface area contributed by atoms with Crippen LogP contribution >= 0.6 is 0 Å². The lowest BCUT2D eigenvalue weighted by molar-refractivity contribution is -0.237. The molecule has 2 heterocycles. The second-order valence-corrected chi connectivity index (χ2v) is 11.9. The molecule has 4 saturated carbocycles. The first-order chi connectivity index (χ1) is 15.1. The van der Waals surface area contributed by atoms with Crippen molar-refractivity contribution in [2.75, 3.05) is 19.8 Å². The normalized spacial score (nSPS) is 52.5. The summed E-state index contributed by atoms with van der Waals surface area (Å²) in [4.78, 5) is 24.3. The summed E-state index contributed by atoms with van der Waals surface area (Å²) in [6.07, 6.45) is 7.08. The van der Waals surface area contributed by atoms with Gasteiger partial charge in [0, 0.05) is 30.6 Å². The molecular formula is C25H36O7. The number of carbonyl (C=O) groups is 2. The van der Waals surface area contributed by atoms with Gasteiger partial charge < -0.3 is 24.1 Å². The zero-order valence-corrected chi connectivity index (χ0v) is 19.5. The Morgan fingerprint density at radius 2 is 1.69 bits per heavy atom. The number of fused-ring (bicyclic) bond motifs is 4. The van der Waals surface area contributed by atoms with Crippen molar-refractivity contribution in [3.05, 3.63) is 0 Å². The molecule has 2 saturated heterocycles. The average Bonchev–Trinajstić information content (AvgIpc) is 3.16. The Morgan fingerprint density at radius 1 is 1.00 bits per heavy atom. The molecular weight excluding hydrogens is 412 g/mol. The van der Waals surface area contributed by atoms with E-state index in [1.165, 1.54) is 6.92 Å². The van der Waals surface area contributed by atoms with Crippen LogP contribution in [0.4, 0.5) is 0 Å². The number of rotatable bonds is 3. The Labute approximate surface area is 189 Å². The van der Waals surface area contributed by atoms with Gasteiger partial charge in [-0.25, -0.2) is 0 Å². The van der Waals surface area contributed by atoms with E-state index in [1.807, 2.05) is 0 Å². The van der Waals surface area contributed by atoms with Crippen molar-refractivity contribution >= 4 is 11.8 Å². The summed E-state index contributed by atoms with van der Waals surface area (Å²) in [6, 6.07) is 0. The fourth-order valence-electron chi connectivity index (χ4n) is 9.24. The molecule has 4 aliphatic carbocycles. The number of esters is 1. The quantitative estimate of drug-likeness (QED) is 0.524. The van der Waals surface area contributed by atoms with Gasteiger partial charge in [0.25, 0.3) is 0 Å². The highest BCUT2D eigenvalue weighted by molar-refractivity contribution is 5.90. The summed E-state index contributed by atoms with van der Waals surface area (Å²) in [6.45, 7) is 6.77. The minimum absolute atomic E-state index is 0.0209. The maximum Gasteiger partial charge on any atom is 0.303 e. The number of hydrogen-bond acceptors (Lipinski definition) is 7. The summed E-state index contributed by atoms with van der Waals surface area (Å²) in [5.74, 6) is -0.165. The van der Waals surface area contributed by atoms with E-state index < -0.39 is 22.8 Å². The first kappa shape index (κ1) is 21.5. The number of epoxide rings is 1. The molecule has 178 valence electrons. The van der Waals surface area contributed by atoms with E-state index in [1.54, 1.807) is 0 Å². The lowest BCUT2D eigenvalue weighted by Gasteiger charge is -2.61. The lowest BCUT2D eigenvalue weighted by atomic mass is 9.43. The maximum atomic E-state index is 13.0. The predicted molar refractivity (Wildman–Crippen MR) is 112 cm³/mol. The molecule has 0 aromatic rings. The molecule has 1 N–H and O–H groups in total. The highest BCUT2D eigenvalue weighted by Gasteiger charge is 2.78. The van der Waals surface area contributed by atoms with Crippen molar-refractivity contribution in [3.8, 4) is 0 Å². The average molecular weight is 449 g/mol. The monoisotopic (exact) mass is 448 g/mol. The molecule has 6 fully saturated rings. The Bertz CT molecular complexity index is 851.